The molecule has 0 aromatic heterocycles. The van der Waals surface area contributed by atoms with E-state index in [-0.39, 0.29) is 36.3 Å². The van der Waals surface area contributed by atoms with E-state index in [0.717, 1.165) is 64.2 Å². The molecule has 4 aliphatic carbocycles. The van der Waals surface area contributed by atoms with Crippen LogP contribution in [0.15, 0.2) is 12.7 Å². The maximum Gasteiger partial charge on any atom is 0.407 e. The molecule has 5 N–H and O–H groups in total. The zero-order valence-electron chi connectivity index (χ0n) is 32.8. The molecule has 296 valence electrons. The standard InChI is InChI=1S/C40H64N6O7/c1-8-20-41-34(49)31(47)27(17-16-24-12-13-24)43-33(48)30-29-26(39(29,5)6)22-46(30)35(50)32(40(7)18-10-9-11-19-40)45-36(51)44-28(38(2,3)4)23-53-37(52)42-21-25-14-15-25/h8,24-30,32H,1,9-23H2,2-7H3,(H,41,49)(H,42,52)(H,43,48)(H2,44,45,51)/t26-,27?,28?,29-,30?,32?/m0/s1. The van der Waals surface area contributed by atoms with E-state index in [1.54, 1.807) is 4.90 Å². The Balaban J connectivity index is 1.33. The molecule has 6 amide bonds. The Kier molecular flexibility index (Phi) is 12.5. The highest BCUT2D eigenvalue weighted by molar-refractivity contribution is 6.38. The minimum absolute atomic E-state index is 0.0393. The zero-order valence-corrected chi connectivity index (χ0v) is 32.8. The Labute approximate surface area is 315 Å². The monoisotopic (exact) mass is 740 g/mol. The summed E-state index contributed by atoms with van der Waals surface area (Å²) >= 11 is 0. The van der Waals surface area contributed by atoms with Crippen molar-refractivity contribution in [1.29, 1.82) is 0 Å². The Hall–Kier alpha value is -3.64. The van der Waals surface area contributed by atoms with E-state index in [1.165, 1.54) is 6.08 Å². The van der Waals surface area contributed by atoms with Gasteiger partial charge in [0, 0.05) is 19.6 Å². The number of likely N-dealkylation sites (tertiary alicyclic amines) is 1. The summed E-state index contributed by atoms with van der Waals surface area (Å²) in [6.07, 6.45) is 10.7. The van der Waals surface area contributed by atoms with Crippen LogP contribution in [0.3, 0.4) is 0 Å². The van der Waals surface area contributed by atoms with E-state index < -0.39 is 64.7 Å². The number of hydrogen-bond acceptors (Lipinski definition) is 7. The van der Waals surface area contributed by atoms with Crippen molar-refractivity contribution in [3.8, 4) is 0 Å². The number of alkyl carbamates (subject to hydrolysis) is 1. The number of ketones is 1. The number of hydrogen-bond donors (Lipinski definition) is 5. The normalized spacial score (nSPS) is 25.8. The van der Waals surface area contributed by atoms with E-state index in [1.807, 2.05) is 27.7 Å². The molecule has 53 heavy (non-hydrogen) atoms. The van der Waals surface area contributed by atoms with Gasteiger partial charge >= 0.3 is 12.1 Å². The van der Waals surface area contributed by atoms with Crippen LogP contribution in [0.2, 0.25) is 0 Å². The molecule has 1 heterocycles. The molecule has 0 aromatic rings. The maximum absolute atomic E-state index is 14.9. The number of nitrogens with zero attached hydrogens (tertiary/aromatic N) is 1. The molecule has 0 aromatic carbocycles. The SMILES string of the molecule is C=CCNC(=O)C(=O)C(CCC1CC1)NC(=O)C1[C@@H]2[C@H](CN1C(=O)C(NC(=O)NC(COC(=O)NCC1CC1)C(C)(C)C)C1(C)CCCCC1)C2(C)C. The first-order valence-electron chi connectivity index (χ1n) is 20.0. The predicted molar refractivity (Wildman–Crippen MR) is 200 cm³/mol. The van der Waals surface area contributed by atoms with Gasteiger partial charge in [-0.05, 0) is 78.4 Å². The average molecular weight is 741 g/mol. The van der Waals surface area contributed by atoms with Crippen molar-refractivity contribution in [2.24, 2.45) is 39.9 Å². The summed E-state index contributed by atoms with van der Waals surface area (Å²) in [5.74, 6) is -1.28. The third-order valence-electron chi connectivity index (χ3n) is 12.8. The quantitative estimate of drug-likeness (QED) is 0.110. The number of carbonyl (C=O) groups excluding carboxylic acids is 6. The van der Waals surface area contributed by atoms with Gasteiger partial charge in [-0.15, -0.1) is 6.58 Å². The summed E-state index contributed by atoms with van der Waals surface area (Å²) in [4.78, 5) is 83.1. The van der Waals surface area contributed by atoms with Crippen LogP contribution >= 0.6 is 0 Å². The molecule has 4 saturated carbocycles. The van der Waals surface area contributed by atoms with Crippen molar-refractivity contribution in [1.82, 2.24) is 31.5 Å². The highest BCUT2D eigenvalue weighted by Crippen LogP contribution is 2.65. The van der Waals surface area contributed by atoms with Crippen LogP contribution in [0.1, 0.15) is 112 Å². The van der Waals surface area contributed by atoms with Crippen molar-refractivity contribution >= 4 is 35.6 Å². The van der Waals surface area contributed by atoms with Crippen LogP contribution in [-0.4, -0.2) is 90.9 Å². The van der Waals surface area contributed by atoms with Gasteiger partial charge in [-0.1, -0.05) is 79.7 Å². The van der Waals surface area contributed by atoms with E-state index in [9.17, 15) is 28.8 Å². The zero-order chi connectivity index (χ0) is 38.7. The fourth-order valence-electron chi connectivity index (χ4n) is 8.51. The van der Waals surface area contributed by atoms with E-state index in [0.29, 0.717) is 31.3 Å². The van der Waals surface area contributed by atoms with Crippen LogP contribution in [0.5, 0.6) is 0 Å². The highest BCUT2D eigenvalue weighted by Gasteiger charge is 2.70. The van der Waals surface area contributed by atoms with Gasteiger partial charge in [0.05, 0.1) is 12.1 Å². The first-order chi connectivity index (χ1) is 25.0. The first-order valence-corrected chi connectivity index (χ1v) is 20.0. The molecule has 6 atom stereocenters. The molecule has 1 saturated heterocycles. The largest absolute Gasteiger partial charge is 0.447 e. The summed E-state index contributed by atoms with van der Waals surface area (Å²) < 4.78 is 5.51. The molecular formula is C40H64N6O7. The van der Waals surface area contributed by atoms with Crippen LogP contribution < -0.4 is 26.6 Å². The Morgan fingerprint density at radius 3 is 2.17 bits per heavy atom. The molecular weight excluding hydrogens is 676 g/mol. The van der Waals surface area contributed by atoms with Crippen LogP contribution in [-0.2, 0) is 23.9 Å². The minimum Gasteiger partial charge on any atom is -0.447 e. The average Bonchev–Trinajstić information content (AvgIpc) is 4.06. The van der Waals surface area contributed by atoms with Crippen LogP contribution in [0, 0.1) is 39.9 Å². The van der Waals surface area contributed by atoms with E-state index >= 15 is 0 Å². The van der Waals surface area contributed by atoms with E-state index in [4.69, 9.17) is 4.74 Å². The molecule has 0 bridgehead atoms. The second-order valence-electron chi connectivity index (χ2n) is 18.4. The predicted octanol–water partition coefficient (Wildman–Crippen LogP) is 4.20. The number of fused-ring (bicyclic) bond motifs is 1. The van der Waals surface area contributed by atoms with Crippen molar-refractivity contribution in [3.63, 3.8) is 0 Å². The molecule has 0 spiro atoms. The molecule has 4 unspecified atom stereocenters. The molecule has 1 aliphatic heterocycles. The number of rotatable bonds is 17. The number of piperidine rings is 1. The van der Waals surface area contributed by atoms with Gasteiger partial charge in [-0.2, -0.15) is 0 Å². The molecule has 13 nitrogen and oxygen atoms in total. The molecule has 5 rings (SSSR count). The lowest BCUT2D eigenvalue weighted by atomic mass is 9.70. The summed E-state index contributed by atoms with van der Waals surface area (Å²) in [6, 6.07) is -3.86. The highest BCUT2D eigenvalue weighted by atomic mass is 16.5. The third-order valence-corrected chi connectivity index (χ3v) is 12.8. The topological polar surface area (TPSA) is 175 Å². The minimum atomic E-state index is -1.01. The summed E-state index contributed by atoms with van der Waals surface area (Å²) in [6.45, 7) is 16.7. The molecule has 13 heteroatoms. The van der Waals surface area contributed by atoms with Crippen LogP contribution in [0.25, 0.3) is 0 Å². The van der Waals surface area contributed by atoms with E-state index in [2.05, 4.69) is 47.0 Å². The number of carbonyl (C=O) groups is 6. The fourth-order valence-corrected chi connectivity index (χ4v) is 8.51. The maximum atomic E-state index is 14.9. The van der Waals surface area contributed by atoms with Crippen molar-refractivity contribution in [2.75, 3.05) is 26.2 Å². The fraction of sp³-hybridized carbons (Fsp3) is 0.800. The van der Waals surface area contributed by atoms with Crippen molar-refractivity contribution in [3.05, 3.63) is 12.7 Å². The molecule has 0 radical (unpaired) electrons. The lowest BCUT2D eigenvalue weighted by Gasteiger charge is -2.43. The molecule has 5 aliphatic rings. The lowest BCUT2D eigenvalue weighted by molar-refractivity contribution is -0.146. The van der Waals surface area contributed by atoms with Gasteiger partial charge in [0.1, 0.15) is 18.7 Å². The third kappa shape index (κ3) is 10.1. The number of ether oxygens (including phenoxy) is 1. The van der Waals surface area contributed by atoms with Crippen molar-refractivity contribution in [2.45, 2.75) is 136 Å². The van der Waals surface area contributed by atoms with Gasteiger partial charge in [0.15, 0.2) is 0 Å². The summed E-state index contributed by atoms with van der Waals surface area (Å²) in [7, 11) is 0. The number of amides is 6. The van der Waals surface area contributed by atoms with Gasteiger partial charge in [-0.25, -0.2) is 9.59 Å². The van der Waals surface area contributed by atoms with Gasteiger partial charge < -0.3 is 36.2 Å². The van der Waals surface area contributed by atoms with Gasteiger partial charge in [0.2, 0.25) is 17.6 Å². The Morgan fingerprint density at radius 1 is 0.906 bits per heavy atom. The first kappa shape index (κ1) is 40.5. The second-order valence-corrected chi connectivity index (χ2v) is 18.4. The smallest absolute Gasteiger partial charge is 0.407 e. The van der Waals surface area contributed by atoms with Gasteiger partial charge in [-0.3, -0.25) is 19.2 Å². The van der Waals surface area contributed by atoms with Crippen molar-refractivity contribution < 1.29 is 33.5 Å². The Bertz CT molecular complexity index is 1410. The second kappa shape index (κ2) is 16.4. The number of urea groups is 1. The lowest BCUT2D eigenvalue weighted by Crippen LogP contribution is -2.63. The molecule has 5 fully saturated rings. The number of nitrogens with one attached hydrogen (secondary N) is 5. The van der Waals surface area contributed by atoms with Gasteiger partial charge in [0.25, 0.3) is 5.91 Å². The summed E-state index contributed by atoms with van der Waals surface area (Å²) in [5.41, 5.74) is -1.21. The summed E-state index contributed by atoms with van der Waals surface area (Å²) in [5, 5.41) is 14.3. The van der Waals surface area contributed by atoms with Crippen LogP contribution in [0.4, 0.5) is 9.59 Å². The number of Topliss-reactive ketones (excluding diaryl/α,β-unsaturated/α-hetero) is 1. The Morgan fingerprint density at radius 2 is 1.57 bits per heavy atom.